The molecule has 1 aliphatic rings. The van der Waals surface area contributed by atoms with Crippen molar-refractivity contribution in [3.05, 3.63) is 22.7 Å². The lowest BCUT2D eigenvalue weighted by Gasteiger charge is -2.35. The van der Waals surface area contributed by atoms with E-state index in [4.69, 9.17) is 4.52 Å². The van der Waals surface area contributed by atoms with E-state index in [0.717, 1.165) is 24.9 Å². The van der Waals surface area contributed by atoms with Crippen LogP contribution in [-0.4, -0.2) is 34.0 Å². The second-order valence-corrected chi connectivity index (χ2v) is 7.59. The molecular formula is C16H21N3O2S. The summed E-state index contributed by atoms with van der Waals surface area (Å²) >= 11 is 1.61. The second kappa shape index (κ2) is 5.83. The minimum Gasteiger partial charge on any atom is -0.341 e. The van der Waals surface area contributed by atoms with Crippen molar-refractivity contribution in [2.45, 2.75) is 39.5 Å². The van der Waals surface area contributed by atoms with Crippen molar-refractivity contribution in [1.82, 2.24) is 15.0 Å². The fraction of sp³-hybridized carbons (Fsp3) is 0.562. The van der Waals surface area contributed by atoms with Gasteiger partial charge < -0.3 is 9.42 Å². The van der Waals surface area contributed by atoms with E-state index in [9.17, 15) is 4.79 Å². The Balaban J connectivity index is 1.74. The normalized spacial score (nSPS) is 19.4. The lowest BCUT2D eigenvalue weighted by molar-refractivity contribution is -0.140. The number of hydrogen-bond acceptors (Lipinski definition) is 5. The molecule has 1 amide bonds. The lowest BCUT2D eigenvalue weighted by atomic mass is 9.91. The molecule has 1 atom stereocenters. The molecule has 0 N–H and O–H groups in total. The van der Waals surface area contributed by atoms with Gasteiger partial charge in [0.2, 0.25) is 17.6 Å². The average molecular weight is 319 g/mol. The Morgan fingerprint density at radius 1 is 1.45 bits per heavy atom. The van der Waals surface area contributed by atoms with Crippen molar-refractivity contribution in [1.29, 1.82) is 0 Å². The van der Waals surface area contributed by atoms with Crippen LogP contribution < -0.4 is 0 Å². The van der Waals surface area contributed by atoms with Crippen LogP contribution in [0.3, 0.4) is 0 Å². The van der Waals surface area contributed by atoms with Crippen molar-refractivity contribution in [2.75, 3.05) is 13.1 Å². The van der Waals surface area contributed by atoms with Crippen LogP contribution in [0.5, 0.6) is 0 Å². The van der Waals surface area contributed by atoms with Gasteiger partial charge in [0.1, 0.15) is 0 Å². The van der Waals surface area contributed by atoms with Gasteiger partial charge in [0.05, 0.1) is 5.92 Å². The summed E-state index contributed by atoms with van der Waals surface area (Å²) in [5.41, 5.74) is 0.636. The number of nitrogens with zero attached hydrogens (tertiary/aromatic N) is 3. The maximum Gasteiger partial charge on any atom is 0.231 e. The summed E-state index contributed by atoms with van der Waals surface area (Å²) < 4.78 is 5.45. The first-order chi connectivity index (χ1) is 10.4. The number of hydrogen-bond donors (Lipinski definition) is 0. The molecule has 0 aliphatic carbocycles. The summed E-state index contributed by atoms with van der Waals surface area (Å²) in [6.07, 6.45) is 1.96. The molecule has 6 heteroatoms. The van der Waals surface area contributed by atoms with Crippen LogP contribution in [0, 0.1) is 5.41 Å². The molecule has 3 rings (SSSR count). The van der Waals surface area contributed by atoms with Crippen molar-refractivity contribution < 1.29 is 9.32 Å². The van der Waals surface area contributed by atoms with Crippen molar-refractivity contribution in [3.63, 3.8) is 0 Å². The van der Waals surface area contributed by atoms with Gasteiger partial charge in [-0.1, -0.05) is 25.9 Å². The molecule has 1 aliphatic heterocycles. The standard InChI is InChI=1S/C16H21N3O2S/c1-16(2,3)15(20)19-7-4-5-11(9-19)14-17-13(18-21-14)12-6-8-22-10-12/h6,8,10-11H,4-5,7,9H2,1-3H3/t11-/m0/s1. The monoisotopic (exact) mass is 319 g/mol. The summed E-state index contributed by atoms with van der Waals surface area (Å²) in [7, 11) is 0. The molecule has 22 heavy (non-hydrogen) atoms. The number of aromatic nitrogens is 2. The Bertz CT molecular complexity index is 643. The van der Waals surface area contributed by atoms with E-state index in [-0.39, 0.29) is 17.2 Å². The lowest BCUT2D eigenvalue weighted by Crippen LogP contribution is -2.44. The Hall–Kier alpha value is -1.69. The molecule has 1 fully saturated rings. The van der Waals surface area contributed by atoms with Gasteiger partial charge in [-0.05, 0) is 24.3 Å². The smallest absolute Gasteiger partial charge is 0.231 e. The molecule has 0 aromatic carbocycles. The Morgan fingerprint density at radius 3 is 2.95 bits per heavy atom. The van der Waals surface area contributed by atoms with E-state index in [2.05, 4.69) is 10.1 Å². The largest absolute Gasteiger partial charge is 0.341 e. The van der Waals surface area contributed by atoms with Crippen LogP contribution >= 0.6 is 11.3 Å². The maximum atomic E-state index is 12.4. The summed E-state index contributed by atoms with van der Waals surface area (Å²) in [4.78, 5) is 18.9. The first kappa shape index (κ1) is 15.2. The SMILES string of the molecule is CC(C)(C)C(=O)N1CCC[C@H](c2nc(-c3ccsc3)no2)C1. The van der Waals surface area contributed by atoms with E-state index < -0.39 is 0 Å². The Kier molecular flexibility index (Phi) is 4.04. The second-order valence-electron chi connectivity index (χ2n) is 6.81. The molecule has 0 radical (unpaired) electrons. The minimum atomic E-state index is -0.349. The number of carbonyl (C=O) groups excluding carboxylic acids is 1. The average Bonchev–Trinajstić information content (AvgIpc) is 3.16. The Morgan fingerprint density at radius 2 is 2.27 bits per heavy atom. The van der Waals surface area contributed by atoms with E-state index in [1.165, 1.54) is 0 Å². The summed E-state index contributed by atoms with van der Waals surface area (Å²) in [6.45, 7) is 7.36. The number of rotatable bonds is 2. The van der Waals surface area contributed by atoms with Gasteiger partial charge in [-0.15, -0.1) is 0 Å². The van der Waals surface area contributed by atoms with Crippen molar-refractivity contribution in [3.8, 4) is 11.4 Å². The molecule has 2 aromatic rings. The third kappa shape index (κ3) is 3.06. The van der Waals surface area contributed by atoms with Crippen molar-refractivity contribution in [2.24, 2.45) is 5.41 Å². The zero-order valence-corrected chi connectivity index (χ0v) is 14.0. The third-order valence-corrected chi connectivity index (χ3v) is 4.60. The molecule has 118 valence electrons. The van der Waals surface area contributed by atoms with Crippen LogP contribution in [0.25, 0.3) is 11.4 Å². The Labute approximate surface area is 134 Å². The van der Waals surface area contributed by atoms with Crippen LogP contribution in [0.4, 0.5) is 0 Å². The molecule has 1 saturated heterocycles. The van der Waals surface area contributed by atoms with E-state index in [1.54, 1.807) is 11.3 Å². The molecule has 0 unspecified atom stereocenters. The molecular weight excluding hydrogens is 298 g/mol. The van der Waals surface area contributed by atoms with E-state index in [1.807, 2.05) is 42.5 Å². The number of carbonyl (C=O) groups is 1. The van der Waals surface area contributed by atoms with Crippen molar-refractivity contribution >= 4 is 17.2 Å². The minimum absolute atomic E-state index is 0.139. The highest BCUT2D eigenvalue weighted by Gasteiger charge is 2.33. The quantitative estimate of drug-likeness (QED) is 0.849. The van der Waals surface area contributed by atoms with Gasteiger partial charge in [0.15, 0.2) is 0 Å². The zero-order chi connectivity index (χ0) is 15.7. The van der Waals surface area contributed by atoms with Gasteiger partial charge in [-0.3, -0.25) is 4.79 Å². The topological polar surface area (TPSA) is 59.2 Å². The van der Waals surface area contributed by atoms with Crippen LogP contribution in [-0.2, 0) is 4.79 Å². The van der Waals surface area contributed by atoms with Gasteiger partial charge in [-0.25, -0.2) is 0 Å². The molecule has 2 aromatic heterocycles. The highest BCUT2D eigenvalue weighted by Crippen LogP contribution is 2.30. The van der Waals surface area contributed by atoms with Crippen LogP contribution in [0.1, 0.15) is 45.4 Å². The number of amides is 1. The fourth-order valence-electron chi connectivity index (χ4n) is 2.75. The fourth-order valence-corrected chi connectivity index (χ4v) is 3.38. The van der Waals surface area contributed by atoms with Gasteiger partial charge in [0.25, 0.3) is 0 Å². The summed E-state index contributed by atoms with van der Waals surface area (Å²) in [5.74, 6) is 1.61. The molecule has 0 spiro atoms. The predicted octanol–water partition coefficient (Wildman–Crippen LogP) is 3.55. The highest BCUT2D eigenvalue weighted by atomic mass is 32.1. The number of piperidine rings is 1. The zero-order valence-electron chi connectivity index (χ0n) is 13.2. The first-order valence-electron chi connectivity index (χ1n) is 7.60. The van der Waals surface area contributed by atoms with Crippen LogP contribution in [0.2, 0.25) is 0 Å². The highest BCUT2D eigenvalue weighted by molar-refractivity contribution is 7.08. The number of thiophene rings is 1. The summed E-state index contributed by atoms with van der Waals surface area (Å²) in [5, 5.41) is 8.07. The van der Waals surface area contributed by atoms with Crippen LogP contribution in [0.15, 0.2) is 21.3 Å². The van der Waals surface area contributed by atoms with Gasteiger partial charge in [0, 0.05) is 29.4 Å². The molecule has 0 bridgehead atoms. The van der Waals surface area contributed by atoms with Gasteiger partial charge >= 0.3 is 0 Å². The predicted molar refractivity (Wildman–Crippen MR) is 85.6 cm³/mol. The van der Waals surface area contributed by atoms with E-state index in [0.29, 0.717) is 18.3 Å². The molecule has 5 nitrogen and oxygen atoms in total. The third-order valence-electron chi connectivity index (χ3n) is 3.92. The maximum absolute atomic E-state index is 12.4. The molecule has 3 heterocycles. The first-order valence-corrected chi connectivity index (χ1v) is 8.55. The van der Waals surface area contributed by atoms with E-state index >= 15 is 0 Å². The van der Waals surface area contributed by atoms with Gasteiger partial charge in [-0.2, -0.15) is 16.3 Å². The number of likely N-dealkylation sites (tertiary alicyclic amines) is 1. The molecule has 0 saturated carbocycles. The summed E-state index contributed by atoms with van der Waals surface area (Å²) in [6, 6.07) is 1.98.